The number of nitrogen functional groups attached to an aromatic ring is 1. The molecule has 0 atom stereocenters. The van der Waals surface area contributed by atoms with E-state index in [-0.39, 0.29) is 23.1 Å². The number of hydrogen-bond acceptors (Lipinski definition) is 3. The molecule has 0 aliphatic rings. The van der Waals surface area contributed by atoms with Crippen LogP contribution in [-0.4, -0.2) is 5.16 Å². The summed E-state index contributed by atoms with van der Waals surface area (Å²) < 4.78 is 32.3. The number of aromatic nitrogens is 1. The van der Waals surface area contributed by atoms with E-state index in [1.165, 1.54) is 18.2 Å². The molecule has 2 aromatic rings. The van der Waals surface area contributed by atoms with E-state index in [1.54, 1.807) is 0 Å². The van der Waals surface area contributed by atoms with Crippen molar-refractivity contribution in [3.63, 3.8) is 0 Å². The van der Waals surface area contributed by atoms with Gasteiger partial charge in [0.2, 0.25) is 5.88 Å². The van der Waals surface area contributed by atoms with E-state index < -0.39 is 11.6 Å². The molecule has 0 saturated heterocycles. The maximum absolute atomic E-state index is 13.7. The van der Waals surface area contributed by atoms with Crippen LogP contribution in [0.15, 0.2) is 22.7 Å². The second-order valence-corrected chi connectivity index (χ2v) is 4.57. The van der Waals surface area contributed by atoms with E-state index in [0.29, 0.717) is 12.0 Å². The lowest BCUT2D eigenvalue weighted by Crippen LogP contribution is -2.00. The van der Waals surface area contributed by atoms with Gasteiger partial charge in [-0.3, -0.25) is 0 Å². The molecule has 0 aliphatic heterocycles. The molecule has 18 heavy (non-hydrogen) atoms. The van der Waals surface area contributed by atoms with Crippen LogP contribution in [0.4, 0.5) is 14.7 Å². The average molecular weight is 252 g/mol. The second kappa shape index (κ2) is 4.76. The standard InChI is InChI=1S/C13H14F2N2O/c1-7(2)6-8-12(17-18-13(8)16)11-9(14)4-3-5-10(11)15/h3-5,7H,6,16H2,1-2H3. The zero-order valence-corrected chi connectivity index (χ0v) is 10.2. The average Bonchev–Trinajstić information content (AvgIpc) is 2.61. The van der Waals surface area contributed by atoms with Gasteiger partial charge in [0.1, 0.15) is 17.3 Å². The molecule has 1 aromatic heterocycles. The highest BCUT2D eigenvalue weighted by atomic mass is 19.1. The fourth-order valence-corrected chi connectivity index (χ4v) is 1.85. The molecular weight excluding hydrogens is 238 g/mol. The van der Waals surface area contributed by atoms with Gasteiger partial charge in [-0.2, -0.15) is 0 Å². The Labute approximate surface area is 104 Å². The Morgan fingerprint density at radius 2 is 1.89 bits per heavy atom. The quantitative estimate of drug-likeness (QED) is 0.910. The lowest BCUT2D eigenvalue weighted by molar-refractivity contribution is 0.436. The van der Waals surface area contributed by atoms with Gasteiger partial charge in [-0.15, -0.1) is 0 Å². The van der Waals surface area contributed by atoms with Gasteiger partial charge in [0.25, 0.3) is 0 Å². The lowest BCUT2D eigenvalue weighted by atomic mass is 9.99. The van der Waals surface area contributed by atoms with Crippen molar-refractivity contribution in [2.45, 2.75) is 20.3 Å². The highest BCUT2D eigenvalue weighted by molar-refractivity contribution is 5.68. The molecule has 3 nitrogen and oxygen atoms in total. The molecule has 0 fully saturated rings. The van der Waals surface area contributed by atoms with Crippen molar-refractivity contribution in [1.82, 2.24) is 5.16 Å². The topological polar surface area (TPSA) is 52.0 Å². The number of benzene rings is 1. The predicted octanol–water partition coefficient (Wildman–Crippen LogP) is 3.40. The van der Waals surface area contributed by atoms with Gasteiger partial charge in [-0.05, 0) is 24.5 Å². The van der Waals surface area contributed by atoms with Crippen LogP contribution < -0.4 is 5.73 Å². The summed E-state index contributed by atoms with van der Waals surface area (Å²) in [7, 11) is 0. The molecule has 2 N–H and O–H groups in total. The molecule has 5 heteroatoms. The first kappa shape index (κ1) is 12.5. The van der Waals surface area contributed by atoms with Gasteiger partial charge < -0.3 is 10.3 Å². The van der Waals surface area contributed by atoms with Crippen LogP contribution >= 0.6 is 0 Å². The molecule has 0 spiro atoms. The molecule has 1 heterocycles. The maximum Gasteiger partial charge on any atom is 0.225 e. The minimum atomic E-state index is -0.673. The Hall–Kier alpha value is -1.91. The Balaban J connectivity index is 2.58. The van der Waals surface area contributed by atoms with E-state index in [4.69, 9.17) is 10.3 Å². The number of nitrogens with zero attached hydrogens (tertiary/aromatic N) is 1. The van der Waals surface area contributed by atoms with E-state index in [0.717, 1.165) is 0 Å². The van der Waals surface area contributed by atoms with Crippen molar-refractivity contribution < 1.29 is 13.3 Å². The van der Waals surface area contributed by atoms with Crippen molar-refractivity contribution in [1.29, 1.82) is 0 Å². The van der Waals surface area contributed by atoms with Gasteiger partial charge in [-0.25, -0.2) is 8.78 Å². The Bertz CT molecular complexity index is 544. The number of hydrogen-bond donors (Lipinski definition) is 1. The monoisotopic (exact) mass is 252 g/mol. The summed E-state index contributed by atoms with van der Waals surface area (Å²) in [6.45, 7) is 3.96. The first-order valence-corrected chi connectivity index (χ1v) is 5.69. The van der Waals surface area contributed by atoms with Gasteiger partial charge >= 0.3 is 0 Å². The summed E-state index contributed by atoms with van der Waals surface area (Å²) in [5.74, 6) is -0.955. The molecular formula is C13H14F2N2O. The normalized spacial score (nSPS) is 11.2. The Kier molecular flexibility index (Phi) is 3.32. The molecule has 0 saturated carbocycles. The highest BCUT2D eigenvalue weighted by Crippen LogP contribution is 2.32. The zero-order valence-electron chi connectivity index (χ0n) is 10.2. The minimum Gasteiger partial charge on any atom is -0.367 e. The highest BCUT2D eigenvalue weighted by Gasteiger charge is 2.22. The van der Waals surface area contributed by atoms with Crippen LogP contribution in [0.5, 0.6) is 0 Å². The summed E-state index contributed by atoms with van der Waals surface area (Å²) >= 11 is 0. The van der Waals surface area contributed by atoms with Gasteiger partial charge in [0.15, 0.2) is 0 Å². The molecule has 1 aromatic carbocycles. The van der Waals surface area contributed by atoms with E-state index in [9.17, 15) is 8.78 Å². The van der Waals surface area contributed by atoms with Gasteiger partial charge in [0, 0.05) is 5.56 Å². The maximum atomic E-state index is 13.7. The number of anilines is 1. The van der Waals surface area contributed by atoms with E-state index >= 15 is 0 Å². The van der Waals surface area contributed by atoms with Crippen molar-refractivity contribution in [3.8, 4) is 11.3 Å². The van der Waals surface area contributed by atoms with E-state index in [2.05, 4.69) is 5.16 Å². The molecule has 0 aliphatic carbocycles. The number of rotatable bonds is 3. The van der Waals surface area contributed by atoms with Crippen molar-refractivity contribution in [2.75, 3.05) is 5.73 Å². The summed E-state index contributed by atoms with van der Waals surface area (Å²) in [4.78, 5) is 0. The molecule has 0 unspecified atom stereocenters. The minimum absolute atomic E-state index is 0.112. The number of halogens is 2. The summed E-state index contributed by atoms with van der Waals surface area (Å²) in [5, 5.41) is 3.68. The third-order valence-electron chi connectivity index (χ3n) is 2.63. The lowest BCUT2D eigenvalue weighted by Gasteiger charge is -2.06. The second-order valence-electron chi connectivity index (χ2n) is 4.57. The Morgan fingerprint density at radius 3 is 2.44 bits per heavy atom. The van der Waals surface area contributed by atoms with E-state index in [1.807, 2.05) is 13.8 Å². The third-order valence-corrected chi connectivity index (χ3v) is 2.63. The van der Waals surface area contributed by atoms with Gasteiger partial charge in [-0.1, -0.05) is 25.1 Å². The van der Waals surface area contributed by atoms with Crippen LogP contribution in [0.25, 0.3) is 11.3 Å². The first-order chi connectivity index (χ1) is 8.50. The fraction of sp³-hybridized carbons (Fsp3) is 0.308. The zero-order chi connectivity index (χ0) is 13.3. The summed E-state index contributed by atoms with van der Waals surface area (Å²) in [5.41, 5.74) is 6.17. The largest absolute Gasteiger partial charge is 0.367 e. The van der Waals surface area contributed by atoms with Crippen molar-refractivity contribution in [2.24, 2.45) is 5.92 Å². The fourth-order valence-electron chi connectivity index (χ4n) is 1.85. The predicted molar refractivity (Wildman–Crippen MR) is 64.8 cm³/mol. The van der Waals surface area contributed by atoms with Crippen molar-refractivity contribution in [3.05, 3.63) is 35.4 Å². The third kappa shape index (κ3) is 2.20. The summed E-state index contributed by atoms with van der Waals surface area (Å²) in [6.07, 6.45) is 0.554. The van der Waals surface area contributed by atoms with Crippen LogP contribution in [0.2, 0.25) is 0 Å². The van der Waals surface area contributed by atoms with Crippen LogP contribution in [-0.2, 0) is 6.42 Å². The molecule has 96 valence electrons. The van der Waals surface area contributed by atoms with Crippen molar-refractivity contribution >= 4 is 5.88 Å². The SMILES string of the molecule is CC(C)Cc1c(-c2c(F)cccc2F)noc1N. The first-order valence-electron chi connectivity index (χ1n) is 5.69. The molecule has 0 amide bonds. The van der Waals surface area contributed by atoms with Crippen LogP contribution in [0.3, 0.4) is 0 Å². The summed E-state index contributed by atoms with van der Waals surface area (Å²) in [6, 6.07) is 3.67. The Morgan fingerprint density at radius 1 is 1.28 bits per heavy atom. The van der Waals surface area contributed by atoms with Gasteiger partial charge in [0.05, 0.1) is 5.56 Å². The molecule has 0 bridgehead atoms. The smallest absolute Gasteiger partial charge is 0.225 e. The van der Waals surface area contributed by atoms with Crippen LogP contribution in [0.1, 0.15) is 19.4 Å². The number of nitrogens with two attached hydrogens (primary N) is 1. The van der Waals surface area contributed by atoms with Crippen LogP contribution in [0, 0.1) is 17.6 Å². The molecule has 2 rings (SSSR count). The molecule has 0 radical (unpaired) electrons.